The molecule has 1 aliphatic carbocycles. The van der Waals surface area contributed by atoms with E-state index in [0.717, 1.165) is 0 Å². The lowest BCUT2D eigenvalue weighted by molar-refractivity contribution is -0.116. The van der Waals surface area contributed by atoms with Crippen LogP contribution in [0.3, 0.4) is 0 Å². The highest BCUT2D eigenvalue weighted by molar-refractivity contribution is 7.89. The van der Waals surface area contributed by atoms with Crippen LogP contribution in [0.4, 0.5) is 5.69 Å². The highest BCUT2D eigenvalue weighted by Gasteiger charge is 2.39. The number of aromatic nitrogens is 1. The van der Waals surface area contributed by atoms with Gasteiger partial charge in [-0.15, -0.1) is 0 Å². The first kappa shape index (κ1) is 23.8. The maximum atomic E-state index is 13.1. The van der Waals surface area contributed by atoms with Gasteiger partial charge in [0.25, 0.3) is 0 Å². The molecule has 1 aliphatic heterocycles. The Bertz CT molecular complexity index is 1220. The van der Waals surface area contributed by atoms with Crippen LogP contribution < -0.4 is 5.32 Å². The van der Waals surface area contributed by atoms with Crippen molar-refractivity contribution in [2.24, 2.45) is 0 Å². The first-order valence-corrected chi connectivity index (χ1v) is 13.5. The molecule has 1 saturated carbocycles. The number of aryl methyl sites for hydroxylation is 1. The average Bonchev–Trinajstić information content (AvgIpc) is 3.65. The molecule has 2 aliphatic rings. The van der Waals surface area contributed by atoms with Crippen molar-refractivity contribution in [2.45, 2.75) is 35.6 Å². The smallest absolute Gasteiger partial charge is 0.245 e. The lowest BCUT2D eigenvalue weighted by Crippen LogP contribution is -2.41. The zero-order chi connectivity index (χ0) is 23.6. The summed E-state index contributed by atoms with van der Waals surface area (Å²) in [6, 6.07) is 7.36. The quantitative estimate of drug-likeness (QED) is 0.584. The van der Waals surface area contributed by atoms with Gasteiger partial charge in [-0.1, -0.05) is 6.07 Å². The number of morpholine rings is 1. The molecule has 1 aromatic heterocycles. The summed E-state index contributed by atoms with van der Waals surface area (Å²) in [6.07, 6.45) is 4.09. The van der Waals surface area contributed by atoms with Gasteiger partial charge in [-0.25, -0.2) is 16.8 Å². The number of pyridine rings is 1. The van der Waals surface area contributed by atoms with Gasteiger partial charge in [0.2, 0.25) is 26.0 Å². The van der Waals surface area contributed by atoms with Crippen LogP contribution in [0.1, 0.15) is 18.4 Å². The molecule has 1 aromatic carbocycles. The number of nitrogens with one attached hydrogen (secondary N) is 1. The Hall–Kier alpha value is -2.38. The number of hydrogen-bond acceptors (Lipinski definition) is 7. The third-order valence-electron chi connectivity index (χ3n) is 5.55. The molecular weight excluding hydrogens is 468 g/mol. The molecule has 10 nitrogen and oxygen atoms in total. The van der Waals surface area contributed by atoms with Gasteiger partial charge in [-0.2, -0.15) is 8.61 Å². The van der Waals surface area contributed by atoms with Crippen molar-refractivity contribution >= 4 is 31.6 Å². The summed E-state index contributed by atoms with van der Waals surface area (Å²) in [5.74, 6) is -0.548. The van der Waals surface area contributed by atoms with Gasteiger partial charge >= 0.3 is 0 Å². The average molecular weight is 495 g/mol. The Morgan fingerprint density at radius 1 is 1.18 bits per heavy atom. The summed E-state index contributed by atoms with van der Waals surface area (Å²) in [5.41, 5.74) is 0.838. The van der Waals surface area contributed by atoms with Gasteiger partial charge in [-0.05, 0) is 49.6 Å². The summed E-state index contributed by atoms with van der Waals surface area (Å²) in [6.45, 7) is 2.51. The first-order chi connectivity index (χ1) is 15.7. The monoisotopic (exact) mass is 494 g/mol. The van der Waals surface area contributed by atoms with Crippen LogP contribution in [-0.4, -0.2) is 75.2 Å². The van der Waals surface area contributed by atoms with E-state index in [0.29, 0.717) is 31.6 Å². The van der Waals surface area contributed by atoms with Crippen molar-refractivity contribution in [3.05, 3.63) is 48.3 Å². The number of sulfonamides is 2. The van der Waals surface area contributed by atoms with Crippen LogP contribution >= 0.6 is 0 Å². The van der Waals surface area contributed by atoms with Gasteiger partial charge in [0, 0.05) is 37.2 Å². The molecule has 2 heterocycles. The number of carbonyl (C=O) groups is 1. The molecule has 1 N–H and O–H groups in total. The summed E-state index contributed by atoms with van der Waals surface area (Å²) in [7, 11) is -7.63. The molecule has 0 unspecified atom stereocenters. The van der Waals surface area contributed by atoms with Crippen LogP contribution in [-0.2, 0) is 29.6 Å². The molecule has 0 atom stereocenters. The minimum atomic E-state index is -3.88. The molecule has 178 valence electrons. The van der Waals surface area contributed by atoms with E-state index in [-0.39, 0.29) is 41.2 Å². The zero-order valence-electron chi connectivity index (χ0n) is 18.2. The Morgan fingerprint density at radius 2 is 1.91 bits per heavy atom. The largest absolute Gasteiger partial charge is 0.379 e. The van der Waals surface area contributed by atoms with Crippen LogP contribution in [0.25, 0.3) is 0 Å². The minimum Gasteiger partial charge on any atom is -0.379 e. The number of hydrogen-bond donors (Lipinski definition) is 1. The number of ether oxygens (including phenoxy) is 1. The Kier molecular flexibility index (Phi) is 6.82. The Balaban J connectivity index is 1.52. The van der Waals surface area contributed by atoms with E-state index in [2.05, 4.69) is 10.3 Å². The molecule has 0 spiro atoms. The van der Waals surface area contributed by atoms with Crippen molar-refractivity contribution in [3.8, 4) is 0 Å². The van der Waals surface area contributed by atoms with Crippen molar-refractivity contribution < 1.29 is 26.4 Å². The predicted octanol–water partition coefficient (Wildman–Crippen LogP) is 1.20. The van der Waals surface area contributed by atoms with E-state index in [1.165, 1.54) is 39.2 Å². The highest BCUT2D eigenvalue weighted by atomic mass is 32.2. The van der Waals surface area contributed by atoms with E-state index in [4.69, 9.17) is 4.74 Å². The molecule has 12 heteroatoms. The van der Waals surface area contributed by atoms with E-state index >= 15 is 0 Å². The van der Waals surface area contributed by atoms with Gasteiger partial charge in [0.05, 0.1) is 24.7 Å². The maximum Gasteiger partial charge on any atom is 0.245 e. The topological polar surface area (TPSA) is 126 Å². The fourth-order valence-electron chi connectivity index (χ4n) is 3.63. The van der Waals surface area contributed by atoms with Crippen LogP contribution in [0.5, 0.6) is 0 Å². The maximum absolute atomic E-state index is 13.1. The fourth-order valence-corrected chi connectivity index (χ4v) is 6.90. The zero-order valence-corrected chi connectivity index (χ0v) is 19.8. The third-order valence-corrected chi connectivity index (χ3v) is 9.48. The number of carbonyl (C=O) groups excluding carboxylic acids is 1. The van der Waals surface area contributed by atoms with E-state index < -0.39 is 26.0 Å². The third kappa shape index (κ3) is 5.25. The molecule has 0 radical (unpaired) electrons. The highest BCUT2D eigenvalue weighted by Crippen LogP contribution is 2.32. The predicted molar refractivity (Wildman–Crippen MR) is 121 cm³/mol. The second-order valence-electron chi connectivity index (χ2n) is 8.02. The number of rotatable bonds is 8. The summed E-state index contributed by atoms with van der Waals surface area (Å²) >= 11 is 0. The number of benzene rings is 1. The second-order valence-corrected chi connectivity index (χ2v) is 11.8. The van der Waals surface area contributed by atoms with Crippen LogP contribution in [0.2, 0.25) is 0 Å². The SMILES string of the molecule is Cc1ccc(NC(=O)CN(C2CC2)S(=O)(=O)c2cccnc2)cc1S(=O)(=O)N1CCOCC1. The Morgan fingerprint density at radius 3 is 2.55 bits per heavy atom. The number of nitrogens with zero attached hydrogens (tertiary/aromatic N) is 3. The molecule has 1 amide bonds. The van der Waals surface area contributed by atoms with Crippen molar-refractivity contribution in [1.29, 1.82) is 0 Å². The van der Waals surface area contributed by atoms with Gasteiger partial charge in [-0.3, -0.25) is 9.78 Å². The van der Waals surface area contributed by atoms with Crippen molar-refractivity contribution in [1.82, 2.24) is 13.6 Å². The number of anilines is 1. The normalized spacial score (nSPS) is 17.8. The summed E-state index contributed by atoms with van der Waals surface area (Å²) in [5, 5.41) is 2.65. The molecule has 33 heavy (non-hydrogen) atoms. The van der Waals surface area contributed by atoms with E-state index in [9.17, 15) is 21.6 Å². The van der Waals surface area contributed by atoms with Crippen LogP contribution in [0, 0.1) is 6.92 Å². The Labute approximate surface area is 193 Å². The molecule has 1 saturated heterocycles. The van der Waals surface area contributed by atoms with Crippen LogP contribution in [0.15, 0.2) is 52.5 Å². The van der Waals surface area contributed by atoms with E-state index in [1.54, 1.807) is 19.1 Å². The standard InChI is InChI=1S/C21H26N4O6S2/c1-16-4-5-17(13-20(16)33(29,30)24-9-11-31-12-10-24)23-21(26)15-25(18-6-7-18)32(27,28)19-3-2-8-22-14-19/h2-5,8,13-14,18H,6-7,9-12,15H2,1H3,(H,23,26). The minimum absolute atomic E-state index is 0.0268. The molecule has 0 bridgehead atoms. The van der Waals surface area contributed by atoms with Gasteiger partial charge in [0.15, 0.2) is 0 Å². The fraction of sp³-hybridized carbons (Fsp3) is 0.429. The van der Waals surface area contributed by atoms with Gasteiger partial charge < -0.3 is 10.1 Å². The molecule has 2 aromatic rings. The second kappa shape index (κ2) is 9.47. The summed E-state index contributed by atoms with van der Waals surface area (Å²) < 4.78 is 60.0. The molecule has 2 fully saturated rings. The lowest BCUT2D eigenvalue weighted by atomic mass is 10.2. The molecule has 4 rings (SSSR count). The molecular formula is C21H26N4O6S2. The summed E-state index contributed by atoms with van der Waals surface area (Å²) in [4.78, 5) is 16.8. The lowest BCUT2D eigenvalue weighted by Gasteiger charge is -2.27. The number of amides is 1. The van der Waals surface area contributed by atoms with Crippen molar-refractivity contribution in [3.63, 3.8) is 0 Å². The van der Waals surface area contributed by atoms with Crippen molar-refractivity contribution in [2.75, 3.05) is 38.2 Å². The first-order valence-electron chi connectivity index (χ1n) is 10.6. The van der Waals surface area contributed by atoms with E-state index in [1.807, 2.05) is 0 Å². The van der Waals surface area contributed by atoms with Gasteiger partial charge in [0.1, 0.15) is 4.90 Å².